The number of amides is 2. The van der Waals surface area contributed by atoms with Crippen LogP contribution in [-0.2, 0) is 4.79 Å². The lowest BCUT2D eigenvalue weighted by molar-refractivity contribution is -0.143. The Balaban J connectivity index is 1.70. The van der Waals surface area contributed by atoms with E-state index in [1.807, 2.05) is 18.2 Å². The van der Waals surface area contributed by atoms with Crippen LogP contribution in [0.3, 0.4) is 0 Å². The summed E-state index contributed by atoms with van der Waals surface area (Å²) in [6.07, 6.45) is 6.12. The number of carbonyl (C=O) groups is 2. The second kappa shape index (κ2) is 7.69. The Labute approximate surface area is 143 Å². The molecule has 1 saturated carbocycles. The molecule has 1 heterocycles. The zero-order valence-electron chi connectivity index (χ0n) is 14.0. The highest BCUT2D eigenvalue weighted by atomic mass is 16.4. The molecule has 1 aliphatic heterocycles. The molecule has 24 heavy (non-hydrogen) atoms. The minimum atomic E-state index is -0.803. The van der Waals surface area contributed by atoms with Gasteiger partial charge >= 0.3 is 12.0 Å². The summed E-state index contributed by atoms with van der Waals surface area (Å²) in [6, 6.07) is 10.0. The number of nitrogens with one attached hydrogen (secondary N) is 1. The molecule has 5 heteroatoms. The van der Waals surface area contributed by atoms with Crippen molar-refractivity contribution in [1.82, 2.24) is 10.2 Å². The van der Waals surface area contributed by atoms with Gasteiger partial charge in [0.25, 0.3) is 0 Å². The Kier molecular flexibility index (Phi) is 5.38. The fourth-order valence-corrected chi connectivity index (χ4v) is 4.01. The molecule has 3 rings (SSSR count). The first-order valence-electron chi connectivity index (χ1n) is 8.98. The average molecular weight is 330 g/mol. The maximum atomic E-state index is 12.7. The maximum Gasteiger partial charge on any atom is 0.317 e. The predicted molar refractivity (Wildman–Crippen MR) is 91.6 cm³/mol. The number of carboxylic acid groups (broad SMARTS) is 1. The molecule has 0 radical (unpaired) electrons. The Hall–Kier alpha value is -2.04. The van der Waals surface area contributed by atoms with Crippen LogP contribution < -0.4 is 5.32 Å². The van der Waals surface area contributed by atoms with E-state index >= 15 is 0 Å². The summed E-state index contributed by atoms with van der Waals surface area (Å²) in [7, 11) is 0. The standard InChI is InChI=1S/C19H26N2O3/c22-18(23)16-11-6-12-21(13-16)19(24)20-17(15-9-4-5-10-15)14-7-2-1-3-8-14/h1-3,7-8,15-17H,4-6,9-13H2,(H,20,24)(H,22,23). The third-order valence-corrected chi connectivity index (χ3v) is 5.37. The fourth-order valence-electron chi connectivity index (χ4n) is 4.01. The van der Waals surface area contributed by atoms with Crippen LogP contribution in [-0.4, -0.2) is 35.1 Å². The van der Waals surface area contributed by atoms with Gasteiger partial charge in [-0.15, -0.1) is 0 Å². The number of piperidine rings is 1. The normalized spacial score (nSPS) is 23.0. The minimum absolute atomic E-state index is 0.0198. The third kappa shape index (κ3) is 3.89. The number of benzene rings is 1. The Morgan fingerprint density at radius 3 is 2.46 bits per heavy atom. The lowest BCUT2D eigenvalue weighted by atomic mass is 9.91. The van der Waals surface area contributed by atoms with Gasteiger partial charge in [0.15, 0.2) is 0 Å². The topological polar surface area (TPSA) is 69.6 Å². The van der Waals surface area contributed by atoms with Crippen molar-refractivity contribution in [2.24, 2.45) is 11.8 Å². The monoisotopic (exact) mass is 330 g/mol. The van der Waals surface area contributed by atoms with Crippen LogP contribution in [0.25, 0.3) is 0 Å². The van der Waals surface area contributed by atoms with Gasteiger partial charge in [-0.1, -0.05) is 43.2 Å². The highest BCUT2D eigenvalue weighted by Crippen LogP contribution is 2.36. The van der Waals surface area contributed by atoms with Crippen molar-refractivity contribution in [1.29, 1.82) is 0 Å². The summed E-state index contributed by atoms with van der Waals surface area (Å²) in [5.41, 5.74) is 1.14. The van der Waals surface area contributed by atoms with Gasteiger partial charge in [0.2, 0.25) is 0 Å². The number of urea groups is 1. The molecule has 1 aromatic rings. The first-order chi connectivity index (χ1) is 11.6. The van der Waals surface area contributed by atoms with Crippen molar-refractivity contribution in [2.75, 3.05) is 13.1 Å². The molecule has 2 unspecified atom stereocenters. The smallest absolute Gasteiger partial charge is 0.317 e. The van der Waals surface area contributed by atoms with Crippen LogP contribution in [0, 0.1) is 11.8 Å². The molecule has 2 atom stereocenters. The van der Waals surface area contributed by atoms with Crippen molar-refractivity contribution in [3.8, 4) is 0 Å². The van der Waals surface area contributed by atoms with E-state index in [4.69, 9.17) is 0 Å². The molecule has 0 spiro atoms. The first kappa shape index (κ1) is 16.8. The zero-order chi connectivity index (χ0) is 16.9. The molecular formula is C19H26N2O3. The molecule has 2 N–H and O–H groups in total. The number of hydrogen-bond acceptors (Lipinski definition) is 2. The Morgan fingerprint density at radius 2 is 1.79 bits per heavy atom. The zero-order valence-corrected chi connectivity index (χ0v) is 14.0. The maximum absolute atomic E-state index is 12.7. The number of aliphatic carboxylic acids is 1. The van der Waals surface area contributed by atoms with Gasteiger partial charge in [-0.25, -0.2) is 4.79 Å². The molecular weight excluding hydrogens is 304 g/mol. The number of likely N-dealkylation sites (tertiary alicyclic amines) is 1. The Bertz CT molecular complexity index is 569. The molecule has 2 amide bonds. The van der Waals surface area contributed by atoms with E-state index in [-0.39, 0.29) is 12.1 Å². The Morgan fingerprint density at radius 1 is 1.08 bits per heavy atom. The molecule has 0 aromatic heterocycles. The van der Waals surface area contributed by atoms with Crippen LogP contribution in [0.1, 0.15) is 50.1 Å². The largest absolute Gasteiger partial charge is 0.481 e. The van der Waals surface area contributed by atoms with E-state index in [2.05, 4.69) is 17.4 Å². The summed E-state index contributed by atoms with van der Waals surface area (Å²) in [5, 5.41) is 12.4. The number of carbonyl (C=O) groups excluding carboxylic acids is 1. The van der Waals surface area contributed by atoms with E-state index in [1.165, 1.54) is 12.8 Å². The predicted octanol–water partition coefficient (Wildman–Crippen LogP) is 3.42. The molecule has 0 bridgehead atoms. The van der Waals surface area contributed by atoms with Gasteiger partial charge in [-0.3, -0.25) is 4.79 Å². The van der Waals surface area contributed by atoms with Crippen molar-refractivity contribution in [3.63, 3.8) is 0 Å². The van der Waals surface area contributed by atoms with E-state index in [0.717, 1.165) is 24.8 Å². The molecule has 2 fully saturated rings. The minimum Gasteiger partial charge on any atom is -0.481 e. The van der Waals surface area contributed by atoms with E-state index in [9.17, 15) is 14.7 Å². The van der Waals surface area contributed by atoms with Crippen molar-refractivity contribution < 1.29 is 14.7 Å². The van der Waals surface area contributed by atoms with Crippen LogP contribution >= 0.6 is 0 Å². The average Bonchev–Trinajstić information content (AvgIpc) is 3.14. The molecule has 5 nitrogen and oxygen atoms in total. The fraction of sp³-hybridized carbons (Fsp3) is 0.579. The van der Waals surface area contributed by atoms with Crippen LogP contribution in [0.2, 0.25) is 0 Å². The van der Waals surface area contributed by atoms with Crippen LogP contribution in [0.15, 0.2) is 30.3 Å². The summed E-state index contributed by atoms with van der Waals surface area (Å²) in [6.45, 7) is 0.954. The van der Waals surface area contributed by atoms with Crippen LogP contribution in [0.4, 0.5) is 4.79 Å². The van der Waals surface area contributed by atoms with Gasteiger partial charge in [0, 0.05) is 13.1 Å². The van der Waals surface area contributed by atoms with Gasteiger partial charge < -0.3 is 15.3 Å². The van der Waals surface area contributed by atoms with Gasteiger partial charge in [-0.2, -0.15) is 0 Å². The lowest BCUT2D eigenvalue weighted by Crippen LogP contribution is -2.48. The van der Waals surface area contributed by atoms with Crippen LogP contribution in [0.5, 0.6) is 0 Å². The second-order valence-electron chi connectivity index (χ2n) is 7.01. The summed E-state index contributed by atoms with van der Waals surface area (Å²) in [5.74, 6) is -0.773. The SMILES string of the molecule is O=C(O)C1CCCN(C(=O)NC(c2ccccc2)C2CCCC2)C1. The second-order valence-corrected chi connectivity index (χ2v) is 7.01. The number of hydrogen-bond donors (Lipinski definition) is 2. The number of rotatable bonds is 4. The van der Waals surface area contributed by atoms with E-state index in [1.54, 1.807) is 4.90 Å². The number of carboxylic acids is 1. The molecule has 1 aliphatic carbocycles. The third-order valence-electron chi connectivity index (χ3n) is 5.37. The van der Waals surface area contributed by atoms with E-state index in [0.29, 0.717) is 25.4 Å². The van der Waals surface area contributed by atoms with Crippen molar-refractivity contribution in [3.05, 3.63) is 35.9 Å². The molecule has 2 aliphatic rings. The number of nitrogens with zero attached hydrogens (tertiary/aromatic N) is 1. The van der Waals surface area contributed by atoms with Gasteiger partial charge in [0.1, 0.15) is 0 Å². The lowest BCUT2D eigenvalue weighted by Gasteiger charge is -2.33. The molecule has 1 aromatic carbocycles. The molecule has 130 valence electrons. The van der Waals surface area contributed by atoms with Crippen molar-refractivity contribution in [2.45, 2.75) is 44.6 Å². The van der Waals surface area contributed by atoms with Gasteiger partial charge in [0.05, 0.1) is 12.0 Å². The highest BCUT2D eigenvalue weighted by molar-refractivity contribution is 5.77. The quantitative estimate of drug-likeness (QED) is 0.888. The summed E-state index contributed by atoms with van der Waals surface area (Å²) < 4.78 is 0. The molecule has 1 saturated heterocycles. The first-order valence-corrected chi connectivity index (χ1v) is 8.98. The summed E-state index contributed by atoms with van der Waals surface area (Å²) >= 11 is 0. The van der Waals surface area contributed by atoms with Gasteiger partial charge in [-0.05, 0) is 37.2 Å². The van der Waals surface area contributed by atoms with Crippen molar-refractivity contribution >= 4 is 12.0 Å². The van der Waals surface area contributed by atoms with E-state index < -0.39 is 11.9 Å². The summed E-state index contributed by atoms with van der Waals surface area (Å²) in [4.78, 5) is 25.6. The highest BCUT2D eigenvalue weighted by Gasteiger charge is 2.32.